The number of carbonyl (C=O) groups excluding carboxylic acids is 1. The van der Waals surface area contributed by atoms with E-state index in [1.165, 1.54) is 7.11 Å². The highest BCUT2D eigenvalue weighted by molar-refractivity contribution is 5.92. The number of hydrogen-bond donors (Lipinski definition) is 1. The van der Waals surface area contributed by atoms with Crippen molar-refractivity contribution in [1.29, 1.82) is 0 Å². The lowest BCUT2D eigenvalue weighted by atomic mass is 10.0. The van der Waals surface area contributed by atoms with E-state index in [2.05, 4.69) is 0 Å². The summed E-state index contributed by atoms with van der Waals surface area (Å²) in [7, 11) is 1.39. The Morgan fingerprint density at radius 3 is 2.76 bits per heavy atom. The number of fused-ring (bicyclic) bond motifs is 1. The smallest absolute Gasteiger partial charge is 0.338 e. The zero-order chi connectivity index (χ0) is 12.4. The summed E-state index contributed by atoms with van der Waals surface area (Å²) in [6, 6.07) is 3.65. The van der Waals surface area contributed by atoms with Crippen LogP contribution in [0.5, 0.6) is 5.75 Å². The van der Waals surface area contributed by atoms with Gasteiger partial charge in [-0.05, 0) is 43.0 Å². The molecule has 0 aromatic heterocycles. The Morgan fingerprint density at radius 1 is 1.41 bits per heavy atom. The lowest BCUT2D eigenvalue weighted by Crippen LogP contribution is -2.19. The lowest BCUT2D eigenvalue weighted by molar-refractivity contribution is 0.0599. The largest absolute Gasteiger partial charge is 0.494 e. The molecule has 1 aromatic carbocycles. The number of hydrogen-bond acceptors (Lipinski definition) is 4. The number of ether oxygens (including phenoxy) is 2. The second kappa shape index (κ2) is 4.75. The molecular formula is C13H17NO3. The third-order valence-corrected chi connectivity index (χ3v) is 3.03. The van der Waals surface area contributed by atoms with Crippen LogP contribution < -0.4 is 10.5 Å². The molecule has 1 aromatic rings. The summed E-state index contributed by atoms with van der Waals surface area (Å²) in [4.78, 5) is 11.6. The van der Waals surface area contributed by atoms with Gasteiger partial charge in [-0.3, -0.25) is 0 Å². The fraction of sp³-hybridized carbons (Fsp3) is 0.462. The van der Waals surface area contributed by atoms with Crippen molar-refractivity contribution in [2.24, 2.45) is 5.73 Å². The van der Waals surface area contributed by atoms with E-state index >= 15 is 0 Å². The van der Waals surface area contributed by atoms with Crippen LogP contribution in [0.25, 0.3) is 0 Å². The maximum Gasteiger partial charge on any atom is 0.338 e. The molecule has 0 fully saturated rings. The monoisotopic (exact) mass is 235 g/mol. The van der Waals surface area contributed by atoms with Gasteiger partial charge in [0.05, 0.1) is 19.3 Å². The van der Waals surface area contributed by atoms with Crippen LogP contribution in [-0.4, -0.2) is 25.7 Å². The average Bonchev–Trinajstić information content (AvgIpc) is 2.70. The Labute approximate surface area is 101 Å². The van der Waals surface area contributed by atoms with E-state index in [1.54, 1.807) is 6.07 Å². The topological polar surface area (TPSA) is 61.5 Å². The Balaban J connectivity index is 2.46. The van der Waals surface area contributed by atoms with Gasteiger partial charge in [-0.15, -0.1) is 0 Å². The minimum absolute atomic E-state index is 0.0648. The van der Waals surface area contributed by atoms with E-state index in [-0.39, 0.29) is 12.0 Å². The standard InChI is InChI=1S/C13H17NO3/c1-3-17-12-5-4-9(13(15)16-2)10-6-8(14)7-11(10)12/h4-5,8H,3,6-7,14H2,1-2H3. The van der Waals surface area contributed by atoms with Crippen LogP contribution in [0, 0.1) is 0 Å². The van der Waals surface area contributed by atoms with Gasteiger partial charge in [-0.1, -0.05) is 0 Å². The molecule has 0 radical (unpaired) electrons. The van der Waals surface area contributed by atoms with E-state index in [9.17, 15) is 4.79 Å². The number of esters is 1. The number of carbonyl (C=O) groups is 1. The van der Waals surface area contributed by atoms with E-state index in [0.29, 0.717) is 18.6 Å². The minimum atomic E-state index is -0.307. The zero-order valence-electron chi connectivity index (χ0n) is 10.2. The van der Waals surface area contributed by atoms with E-state index in [1.807, 2.05) is 13.0 Å². The molecule has 2 rings (SSSR count). The van der Waals surface area contributed by atoms with Crippen LogP contribution >= 0.6 is 0 Å². The van der Waals surface area contributed by atoms with Crippen LogP contribution in [-0.2, 0) is 17.6 Å². The molecule has 0 spiro atoms. The number of methoxy groups -OCH3 is 1. The predicted molar refractivity (Wildman–Crippen MR) is 64.3 cm³/mol. The summed E-state index contributed by atoms with van der Waals surface area (Å²) in [6.07, 6.45) is 1.47. The second-order valence-electron chi connectivity index (χ2n) is 4.16. The van der Waals surface area contributed by atoms with Crippen molar-refractivity contribution in [1.82, 2.24) is 0 Å². The van der Waals surface area contributed by atoms with Gasteiger partial charge in [0.1, 0.15) is 5.75 Å². The molecule has 92 valence electrons. The van der Waals surface area contributed by atoms with Crippen molar-refractivity contribution in [2.75, 3.05) is 13.7 Å². The first-order valence-electron chi connectivity index (χ1n) is 5.78. The summed E-state index contributed by atoms with van der Waals surface area (Å²) < 4.78 is 10.3. The van der Waals surface area contributed by atoms with Crippen molar-refractivity contribution >= 4 is 5.97 Å². The molecule has 0 saturated carbocycles. The molecule has 17 heavy (non-hydrogen) atoms. The highest BCUT2D eigenvalue weighted by atomic mass is 16.5. The molecular weight excluding hydrogens is 218 g/mol. The van der Waals surface area contributed by atoms with Crippen molar-refractivity contribution in [2.45, 2.75) is 25.8 Å². The van der Waals surface area contributed by atoms with E-state index < -0.39 is 0 Å². The van der Waals surface area contributed by atoms with Gasteiger partial charge in [0.25, 0.3) is 0 Å². The summed E-state index contributed by atoms with van der Waals surface area (Å²) in [5.41, 5.74) is 8.60. The second-order valence-corrected chi connectivity index (χ2v) is 4.16. The molecule has 1 unspecified atom stereocenters. The molecule has 4 heteroatoms. The summed E-state index contributed by atoms with van der Waals surface area (Å²) in [5, 5.41) is 0. The minimum Gasteiger partial charge on any atom is -0.494 e. The Kier molecular flexibility index (Phi) is 3.33. The van der Waals surface area contributed by atoms with Crippen LogP contribution in [0.4, 0.5) is 0 Å². The van der Waals surface area contributed by atoms with Crippen LogP contribution in [0.2, 0.25) is 0 Å². The molecule has 0 amide bonds. The van der Waals surface area contributed by atoms with Gasteiger partial charge >= 0.3 is 5.97 Å². The SMILES string of the molecule is CCOc1ccc(C(=O)OC)c2c1CC(N)C2. The van der Waals surface area contributed by atoms with Gasteiger partial charge in [0.2, 0.25) is 0 Å². The fourth-order valence-electron chi connectivity index (χ4n) is 2.32. The van der Waals surface area contributed by atoms with Crippen molar-refractivity contribution in [3.8, 4) is 5.75 Å². The molecule has 1 aliphatic carbocycles. The van der Waals surface area contributed by atoms with Gasteiger partial charge in [0.15, 0.2) is 0 Å². The molecule has 1 aliphatic rings. The normalized spacial score (nSPS) is 17.7. The van der Waals surface area contributed by atoms with Gasteiger partial charge in [0, 0.05) is 6.04 Å². The Bertz CT molecular complexity index is 443. The molecule has 0 saturated heterocycles. The molecule has 0 heterocycles. The first-order valence-corrected chi connectivity index (χ1v) is 5.78. The maximum atomic E-state index is 11.6. The van der Waals surface area contributed by atoms with Gasteiger partial charge < -0.3 is 15.2 Å². The molecule has 0 bridgehead atoms. The highest BCUT2D eigenvalue weighted by Gasteiger charge is 2.27. The Hall–Kier alpha value is -1.55. The molecule has 2 N–H and O–H groups in total. The maximum absolute atomic E-state index is 11.6. The van der Waals surface area contributed by atoms with Gasteiger partial charge in [-0.2, -0.15) is 0 Å². The zero-order valence-corrected chi connectivity index (χ0v) is 10.2. The summed E-state index contributed by atoms with van der Waals surface area (Å²) >= 11 is 0. The number of rotatable bonds is 3. The predicted octanol–water partition coefficient (Wildman–Crippen LogP) is 1.30. The lowest BCUT2D eigenvalue weighted by Gasteiger charge is -2.11. The highest BCUT2D eigenvalue weighted by Crippen LogP contribution is 2.33. The molecule has 0 aliphatic heterocycles. The Morgan fingerprint density at radius 2 is 2.12 bits per heavy atom. The van der Waals surface area contributed by atoms with Gasteiger partial charge in [-0.25, -0.2) is 4.79 Å². The summed E-state index contributed by atoms with van der Waals surface area (Å²) in [5.74, 6) is 0.529. The van der Waals surface area contributed by atoms with Crippen molar-refractivity contribution in [3.63, 3.8) is 0 Å². The van der Waals surface area contributed by atoms with Crippen molar-refractivity contribution < 1.29 is 14.3 Å². The third kappa shape index (κ3) is 2.13. The van der Waals surface area contributed by atoms with E-state index in [0.717, 1.165) is 23.3 Å². The fourth-order valence-corrected chi connectivity index (χ4v) is 2.32. The molecule has 4 nitrogen and oxygen atoms in total. The third-order valence-electron chi connectivity index (χ3n) is 3.03. The number of benzene rings is 1. The summed E-state index contributed by atoms with van der Waals surface area (Å²) in [6.45, 7) is 2.55. The van der Waals surface area contributed by atoms with E-state index in [4.69, 9.17) is 15.2 Å². The first kappa shape index (κ1) is 11.9. The quantitative estimate of drug-likeness (QED) is 0.802. The molecule has 1 atom stereocenters. The van der Waals surface area contributed by atoms with Crippen LogP contribution in [0.15, 0.2) is 12.1 Å². The van der Waals surface area contributed by atoms with Crippen LogP contribution in [0.1, 0.15) is 28.4 Å². The first-order chi connectivity index (χ1) is 8.17. The van der Waals surface area contributed by atoms with Crippen molar-refractivity contribution in [3.05, 3.63) is 28.8 Å². The average molecular weight is 235 g/mol. The van der Waals surface area contributed by atoms with Crippen LogP contribution in [0.3, 0.4) is 0 Å². The number of nitrogens with two attached hydrogens (primary N) is 1.